The van der Waals surface area contributed by atoms with Crippen LogP contribution in [0.4, 0.5) is 4.39 Å². The highest BCUT2D eigenvalue weighted by atomic mass is 79.9. The molecule has 1 rings (SSSR count). The van der Waals surface area contributed by atoms with Crippen LogP contribution in [0.1, 0.15) is 12.5 Å². The molecule has 1 amide bonds. The third kappa shape index (κ3) is 3.90. The molecule has 1 aromatic carbocycles. The molecule has 1 aromatic rings. The van der Waals surface area contributed by atoms with Gasteiger partial charge in [0, 0.05) is 11.0 Å². The summed E-state index contributed by atoms with van der Waals surface area (Å²) in [6.45, 7) is 1.69. The van der Waals surface area contributed by atoms with Crippen molar-refractivity contribution in [1.29, 1.82) is 0 Å². The van der Waals surface area contributed by atoms with Gasteiger partial charge in [0.2, 0.25) is 5.91 Å². The van der Waals surface area contributed by atoms with E-state index < -0.39 is 12.0 Å². The monoisotopic (exact) mass is 289 g/mol. The average molecular weight is 290 g/mol. The van der Waals surface area contributed by atoms with Crippen molar-refractivity contribution < 1.29 is 14.3 Å². The van der Waals surface area contributed by atoms with Crippen LogP contribution in [0.25, 0.3) is 0 Å². The number of aliphatic hydroxyl groups excluding tert-OH is 1. The first-order valence-electron chi connectivity index (χ1n) is 4.90. The second-order valence-electron chi connectivity index (χ2n) is 3.45. The summed E-state index contributed by atoms with van der Waals surface area (Å²) in [5.74, 6) is -0.745. The predicted octanol–water partition coefficient (Wildman–Crippen LogP) is 1.63. The highest BCUT2D eigenvalue weighted by Crippen LogP contribution is 2.15. The third-order valence-electron chi connectivity index (χ3n) is 2.08. The number of carbonyl (C=O) groups excluding carboxylic acids is 1. The van der Waals surface area contributed by atoms with E-state index in [1.165, 1.54) is 13.0 Å². The summed E-state index contributed by atoms with van der Waals surface area (Å²) < 4.78 is 14.1. The van der Waals surface area contributed by atoms with Gasteiger partial charge in [0.15, 0.2) is 0 Å². The highest BCUT2D eigenvalue weighted by molar-refractivity contribution is 9.10. The molecular weight excluding hydrogens is 277 g/mol. The lowest BCUT2D eigenvalue weighted by molar-refractivity contribution is -0.128. The van der Waals surface area contributed by atoms with Gasteiger partial charge in [0.1, 0.15) is 11.9 Å². The van der Waals surface area contributed by atoms with Gasteiger partial charge in [-0.2, -0.15) is 0 Å². The lowest BCUT2D eigenvalue weighted by atomic mass is 10.1. The molecule has 0 radical (unpaired) electrons. The molecule has 0 aliphatic heterocycles. The smallest absolute Gasteiger partial charge is 0.248 e. The molecule has 1 atom stereocenters. The van der Waals surface area contributed by atoms with Crippen LogP contribution >= 0.6 is 15.9 Å². The SMILES string of the molecule is CC(O)C(=O)NCCc1cc(Br)ccc1F. The van der Waals surface area contributed by atoms with Crippen LogP contribution in [-0.2, 0) is 11.2 Å². The predicted molar refractivity (Wildman–Crippen MR) is 62.5 cm³/mol. The first-order chi connectivity index (χ1) is 7.50. The van der Waals surface area contributed by atoms with E-state index in [9.17, 15) is 9.18 Å². The number of aliphatic hydroxyl groups is 1. The zero-order valence-electron chi connectivity index (χ0n) is 8.84. The van der Waals surface area contributed by atoms with Crippen LogP contribution in [0.3, 0.4) is 0 Å². The van der Waals surface area contributed by atoms with Gasteiger partial charge in [0.25, 0.3) is 0 Å². The standard InChI is InChI=1S/C11H13BrFNO2/c1-7(15)11(16)14-5-4-8-6-9(12)2-3-10(8)13/h2-3,6-7,15H,4-5H2,1H3,(H,14,16). The summed E-state index contributed by atoms with van der Waals surface area (Å²) in [7, 11) is 0. The van der Waals surface area contributed by atoms with Gasteiger partial charge >= 0.3 is 0 Å². The molecule has 1 unspecified atom stereocenters. The number of hydrogen-bond acceptors (Lipinski definition) is 2. The van der Waals surface area contributed by atoms with Gasteiger partial charge in [-0.15, -0.1) is 0 Å². The van der Waals surface area contributed by atoms with Crippen molar-refractivity contribution in [2.75, 3.05) is 6.54 Å². The Kier molecular flexibility index (Phi) is 4.89. The Bertz CT molecular complexity index is 382. The summed E-state index contributed by atoms with van der Waals surface area (Å²) in [6, 6.07) is 4.66. The fourth-order valence-electron chi connectivity index (χ4n) is 1.20. The first-order valence-corrected chi connectivity index (χ1v) is 5.69. The quantitative estimate of drug-likeness (QED) is 0.885. The molecule has 2 N–H and O–H groups in total. The Morgan fingerprint density at radius 2 is 2.31 bits per heavy atom. The molecular formula is C11H13BrFNO2. The van der Waals surface area contributed by atoms with E-state index in [1.807, 2.05) is 0 Å². The van der Waals surface area contributed by atoms with Crippen LogP contribution in [-0.4, -0.2) is 23.7 Å². The van der Waals surface area contributed by atoms with Crippen molar-refractivity contribution in [2.24, 2.45) is 0 Å². The van der Waals surface area contributed by atoms with Crippen molar-refractivity contribution in [1.82, 2.24) is 5.32 Å². The maximum atomic E-state index is 13.3. The maximum absolute atomic E-state index is 13.3. The molecule has 5 heteroatoms. The van der Waals surface area contributed by atoms with Gasteiger partial charge < -0.3 is 10.4 Å². The van der Waals surface area contributed by atoms with Crippen LogP contribution in [0.5, 0.6) is 0 Å². The zero-order valence-corrected chi connectivity index (χ0v) is 10.4. The van der Waals surface area contributed by atoms with Crippen LogP contribution in [0.15, 0.2) is 22.7 Å². The van der Waals surface area contributed by atoms with Crippen molar-refractivity contribution in [3.05, 3.63) is 34.1 Å². The van der Waals surface area contributed by atoms with Gasteiger partial charge in [-0.3, -0.25) is 4.79 Å². The van der Waals surface area contributed by atoms with E-state index in [0.29, 0.717) is 18.5 Å². The topological polar surface area (TPSA) is 49.3 Å². The minimum atomic E-state index is -1.03. The Morgan fingerprint density at radius 3 is 2.94 bits per heavy atom. The Labute approximate surface area is 102 Å². The molecule has 0 saturated carbocycles. The number of amides is 1. The summed E-state index contributed by atoms with van der Waals surface area (Å²) >= 11 is 3.25. The van der Waals surface area contributed by atoms with Gasteiger partial charge in [0.05, 0.1) is 0 Å². The van der Waals surface area contributed by atoms with Crippen molar-refractivity contribution >= 4 is 21.8 Å². The normalized spacial score (nSPS) is 12.2. The molecule has 0 saturated heterocycles. The fourth-order valence-corrected chi connectivity index (χ4v) is 1.61. The Morgan fingerprint density at radius 1 is 1.62 bits per heavy atom. The van der Waals surface area contributed by atoms with E-state index in [4.69, 9.17) is 5.11 Å². The molecule has 3 nitrogen and oxygen atoms in total. The summed E-state index contributed by atoms with van der Waals surface area (Å²) in [5.41, 5.74) is 0.528. The average Bonchev–Trinajstić information content (AvgIpc) is 2.22. The van der Waals surface area contributed by atoms with Gasteiger partial charge in [-0.05, 0) is 37.1 Å². The summed E-state index contributed by atoms with van der Waals surface area (Å²) in [6.07, 6.45) is -0.642. The number of hydrogen-bond donors (Lipinski definition) is 2. The molecule has 0 aromatic heterocycles. The van der Waals surface area contributed by atoms with Crippen molar-refractivity contribution in [3.8, 4) is 0 Å². The van der Waals surface area contributed by atoms with Crippen molar-refractivity contribution in [3.63, 3.8) is 0 Å². The molecule has 0 aliphatic carbocycles. The number of rotatable bonds is 4. The molecule has 0 aliphatic rings. The second kappa shape index (κ2) is 5.96. The van der Waals surface area contributed by atoms with Crippen molar-refractivity contribution in [2.45, 2.75) is 19.4 Å². The maximum Gasteiger partial charge on any atom is 0.248 e. The van der Waals surface area contributed by atoms with E-state index in [0.717, 1.165) is 4.47 Å². The van der Waals surface area contributed by atoms with Gasteiger partial charge in [-0.1, -0.05) is 15.9 Å². The van der Waals surface area contributed by atoms with E-state index in [1.54, 1.807) is 12.1 Å². The first kappa shape index (κ1) is 13.1. The van der Waals surface area contributed by atoms with E-state index in [-0.39, 0.29) is 5.82 Å². The highest BCUT2D eigenvalue weighted by Gasteiger charge is 2.08. The number of benzene rings is 1. The largest absolute Gasteiger partial charge is 0.384 e. The number of halogens is 2. The molecule has 0 fully saturated rings. The molecule has 0 bridgehead atoms. The molecule has 88 valence electrons. The number of carbonyl (C=O) groups is 1. The fraction of sp³-hybridized carbons (Fsp3) is 0.364. The Hall–Kier alpha value is -0.940. The molecule has 16 heavy (non-hydrogen) atoms. The number of nitrogens with one attached hydrogen (secondary N) is 1. The summed E-state index contributed by atoms with van der Waals surface area (Å²) in [5, 5.41) is 11.4. The zero-order chi connectivity index (χ0) is 12.1. The van der Waals surface area contributed by atoms with Crippen LogP contribution < -0.4 is 5.32 Å². The molecule has 0 spiro atoms. The van der Waals surface area contributed by atoms with Crippen LogP contribution in [0, 0.1) is 5.82 Å². The Balaban J connectivity index is 2.49. The van der Waals surface area contributed by atoms with E-state index >= 15 is 0 Å². The summed E-state index contributed by atoms with van der Waals surface area (Å²) in [4.78, 5) is 11.0. The molecule has 0 heterocycles. The van der Waals surface area contributed by atoms with E-state index in [2.05, 4.69) is 21.2 Å². The lowest BCUT2D eigenvalue weighted by Gasteiger charge is -2.07. The van der Waals surface area contributed by atoms with Gasteiger partial charge in [-0.25, -0.2) is 4.39 Å². The lowest BCUT2D eigenvalue weighted by Crippen LogP contribution is -2.33. The minimum Gasteiger partial charge on any atom is -0.384 e. The minimum absolute atomic E-state index is 0.297. The van der Waals surface area contributed by atoms with Crippen LogP contribution in [0.2, 0.25) is 0 Å². The third-order valence-corrected chi connectivity index (χ3v) is 2.57. The second-order valence-corrected chi connectivity index (χ2v) is 4.37.